The zero-order valence-electron chi connectivity index (χ0n) is 23.7. The molecule has 0 aliphatic carbocycles. The summed E-state index contributed by atoms with van der Waals surface area (Å²) in [5.41, 5.74) is 1.21. The third-order valence-corrected chi connectivity index (χ3v) is 8.00. The second-order valence-electron chi connectivity index (χ2n) is 9.75. The number of piperidine rings is 1. The second kappa shape index (κ2) is 15.9. The SMILES string of the molecule is COc1cc2c(NC(=O)Nc3c(Cl)cccc3Cl)ncnc2cc1OCC1CCN(C)CC1.O=C=Nc1c(Cl)cccc1Cl. The van der Waals surface area contributed by atoms with Gasteiger partial charge in [0.15, 0.2) is 11.5 Å². The van der Waals surface area contributed by atoms with Crippen LogP contribution in [0, 0.1) is 5.92 Å². The average Bonchev–Trinajstić information content (AvgIpc) is 3.01. The Morgan fingerprint density at radius 3 is 2.23 bits per heavy atom. The Hall–Kier alpha value is -3.63. The smallest absolute Gasteiger partial charge is 0.324 e. The molecule has 2 N–H and O–H groups in total. The molecule has 230 valence electrons. The molecule has 0 saturated carbocycles. The number of para-hydroxylation sites is 2. The lowest BCUT2D eigenvalue weighted by Gasteiger charge is -2.28. The molecular formula is C30H28Cl4N6O4. The topological polar surface area (TPSA) is 118 Å². The molecule has 14 heteroatoms. The van der Waals surface area contributed by atoms with Gasteiger partial charge in [0.05, 0.1) is 45.0 Å². The predicted octanol–water partition coefficient (Wildman–Crippen LogP) is 8.27. The molecular weight excluding hydrogens is 650 g/mol. The summed E-state index contributed by atoms with van der Waals surface area (Å²) < 4.78 is 11.6. The molecule has 0 unspecified atom stereocenters. The first-order chi connectivity index (χ1) is 21.2. The van der Waals surface area contributed by atoms with Crippen LogP contribution in [0.4, 0.5) is 22.0 Å². The van der Waals surface area contributed by atoms with Crippen LogP contribution in [0.1, 0.15) is 12.8 Å². The number of carbonyl (C=O) groups is 1. The number of amides is 2. The zero-order valence-corrected chi connectivity index (χ0v) is 26.8. The number of benzene rings is 3. The summed E-state index contributed by atoms with van der Waals surface area (Å²) in [5, 5.41) is 7.36. The van der Waals surface area contributed by atoms with Crippen LogP contribution in [0.5, 0.6) is 11.5 Å². The monoisotopic (exact) mass is 676 g/mol. The van der Waals surface area contributed by atoms with Crippen LogP contribution in [0.25, 0.3) is 10.9 Å². The number of hydrogen-bond acceptors (Lipinski definition) is 8. The van der Waals surface area contributed by atoms with Crippen molar-refractivity contribution in [2.24, 2.45) is 10.9 Å². The standard InChI is InChI=1S/C23H25Cl2N5O3.C7H3Cl2NO/c1-30-8-6-14(7-9-30)12-33-20-11-18-15(10-19(20)32-2)22(27-13-26-18)29-23(31)28-21-16(24)4-3-5-17(21)25;8-5-2-1-3-6(9)7(5)10-4-11/h3-5,10-11,13-14H,6-9,12H2,1-2H3,(H2,26,27,28,29,31);1-3H. The predicted molar refractivity (Wildman–Crippen MR) is 175 cm³/mol. The molecule has 1 saturated heterocycles. The van der Waals surface area contributed by atoms with Gasteiger partial charge in [-0.1, -0.05) is 58.5 Å². The summed E-state index contributed by atoms with van der Waals surface area (Å²) in [6, 6.07) is 12.9. The number of isocyanates is 1. The van der Waals surface area contributed by atoms with E-state index in [-0.39, 0.29) is 5.69 Å². The van der Waals surface area contributed by atoms with Crippen molar-refractivity contribution >= 4 is 86.6 Å². The minimum absolute atomic E-state index is 0.269. The van der Waals surface area contributed by atoms with Crippen LogP contribution in [0.3, 0.4) is 0 Å². The van der Waals surface area contributed by atoms with Gasteiger partial charge in [0, 0.05) is 11.5 Å². The summed E-state index contributed by atoms with van der Waals surface area (Å²) in [6.45, 7) is 2.77. The maximum Gasteiger partial charge on any atom is 0.324 e. The Kier molecular flexibility index (Phi) is 12.0. The summed E-state index contributed by atoms with van der Waals surface area (Å²) in [5.74, 6) is 1.98. The number of hydrogen-bond donors (Lipinski definition) is 2. The van der Waals surface area contributed by atoms with E-state index in [2.05, 4.69) is 37.5 Å². The van der Waals surface area contributed by atoms with E-state index in [1.165, 1.54) is 12.4 Å². The zero-order chi connectivity index (χ0) is 31.6. The van der Waals surface area contributed by atoms with Gasteiger partial charge in [-0.2, -0.15) is 4.99 Å². The molecule has 1 aliphatic heterocycles. The first kappa shape index (κ1) is 33.3. The number of aromatic nitrogens is 2. The van der Waals surface area contributed by atoms with Crippen molar-refractivity contribution in [3.05, 3.63) is 74.9 Å². The van der Waals surface area contributed by atoms with Crippen molar-refractivity contribution in [3.8, 4) is 11.5 Å². The number of anilines is 2. The van der Waals surface area contributed by atoms with E-state index >= 15 is 0 Å². The van der Waals surface area contributed by atoms with Crippen LogP contribution in [0.15, 0.2) is 59.9 Å². The highest BCUT2D eigenvalue weighted by molar-refractivity contribution is 6.40. The molecule has 4 aromatic rings. The van der Waals surface area contributed by atoms with Crippen LogP contribution in [-0.4, -0.2) is 60.8 Å². The Morgan fingerprint density at radius 2 is 1.61 bits per heavy atom. The minimum Gasteiger partial charge on any atom is -0.493 e. The van der Waals surface area contributed by atoms with E-state index in [9.17, 15) is 9.59 Å². The number of methoxy groups -OCH3 is 1. The van der Waals surface area contributed by atoms with Crippen LogP contribution in [-0.2, 0) is 4.79 Å². The molecule has 2 heterocycles. The van der Waals surface area contributed by atoms with Gasteiger partial charge in [-0.25, -0.2) is 19.6 Å². The van der Waals surface area contributed by atoms with Crippen molar-refractivity contribution in [2.75, 3.05) is 44.5 Å². The number of carbonyl (C=O) groups excluding carboxylic acids is 2. The first-order valence-corrected chi connectivity index (χ1v) is 14.9. The van der Waals surface area contributed by atoms with Gasteiger partial charge in [0.2, 0.25) is 6.08 Å². The number of likely N-dealkylation sites (tertiary alicyclic amines) is 1. The average molecular weight is 678 g/mol. The molecule has 0 atom stereocenters. The molecule has 1 aromatic heterocycles. The number of rotatable bonds is 7. The maximum atomic E-state index is 12.6. The first-order valence-electron chi connectivity index (χ1n) is 13.4. The Labute approximate surface area is 274 Å². The van der Waals surface area contributed by atoms with Crippen molar-refractivity contribution < 1.29 is 19.1 Å². The molecule has 5 rings (SSSR count). The van der Waals surface area contributed by atoms with Gasteiger partial charge in [0.1, 0.15) is 17.8 Å². The fourth-order valence-corrected chi connectivity index (χ4v) is 5.36. The van der Waals surface area contributed by atoms with Crippen LogP contribution in [0.2, 0.25) is 20.1 Å². The highest BCUT2D eigenvalue weighted by Gasteiger charge is 2.19. The number of nitrogens with zero attached hydrogens (tertiary/aromatic N) is 4. The van der Waals surface area contributed by atoms with Crippen molar-refractivity contribution in [1.29, 1.82) is 0 Å². The number of urea groups is 1. The lowest BCUT2D eigenvalue weighted by Crippen LogP contribution is -2.32. The highest BCUT2D eigenvalue weighted by Crippen LogP contribution is 2.35. The summed E-state index contributed by atoms with van der Waals surface area (Å²) >= 11 is 23.6. The number of halogens is 4. The second-order valence-corrected chi connectivity index (χ2v) is 11.4. The Morgan fingerprint density at radius 1 is 0.977 bits per heavy atom. The van der Waals surface area contributed by atoms with Gasteiger partial charge in [-0.05, 0) is 69.2 Å². The number of fused-ring (bicyclic) bond motifs is 1. The fourth-order valence-electron chi connectivity index (χ4n) is 4.38. The van der Waals surface area contributed by atoms with Crippen molar-refractivity contribution in [3.63, 3.8) is 0 Å². The highest BCUT2D eigenvalue weighted by atomic mass is 35.5. The van der Waals surface area contributed by atoms with E-state index < -0.39 is 6.03 Å². The number of ether oxygens (including phenoxy) is 2. The summed E-state index contributed by atoms with van der Waals surface area (Å²) in [6.07, 6.45) is 4.96. The molecule has 0 bridgehead atoms. The largest absolute Gasteiger partial charge is 0.493 e. The number of aliphatic imine (C=N–C) groups is 1. The molecule has 0 spiro atoms. The molecule has 3 aromatic carbocycles. The van der Waals surface area contributed by atoms with Crippen LogP contribution < -0.4 is 20.1 Å². The van der Waals surface area contributed by atoms with Gasteiger partial charge >= 0.3 is 6.03 Å². The molecule has 0 radical (unpaired) electrons. The normalized spacial score (nSPS) is 13.3. The lowest BCUT2D eigenvalue weighted by molar-refractivity contribution is 0.157. The van der Waals surface area contributed by atoms with E-state index in [1.54, 1.807) is 55.6 Å². The summed E-state index contributed by atoms with van der Waals surface area (Å²) in [4.78, 5) is 36.7. The Balaban J connectivity index is 0.000000339. The van der Waals surface area contributed by atoms with E-state index in [0.29, 0.717) is 66.5 Å². The number of nitrogens with one attached hydrogen (secondary N) is 2. The van der Waals surface area contributed by atoms with E-state index in [0.717, 1.165) is 25.9 Å². The third kappa shape index (κ3) is 8.72. The van der Waals surface area contributed by atoms with Crippen molar-refractivity contribution in [2.45, 2.75) is 12.8 Å². The molecule has 1 aliphatic rings. The Bertz CT molecular complexity index is 1640. The van der Waals surface area contributed by atoms with Gasteiger partial charge in [-0.3, -0.25) is 5.32 Å². The quantitative estimate of drug-likeness (QED) is 0.149. The lowest BCUT2D eigenvalue weighted by atomic mass is 9.98. The summed E-state index contributed by atoms with van der Waals surface area (Å²) in [7, 11) is 3.71. The maximum absolute atomic E-state index is 12.6. The van der Waals surface area contributed by atoms with Gasteiger partial charge in [0.25, 0.3) is 0 Å². The molecule has 44 heavy (non-hydrogen) atoms. The molecule has 2 amide bonds. The fraction of sp³-hybridized carbons (Fsp3) is 0.267. The van der Waals surface area contributed by atoms with Crippen LogP contribution >= 0.6 is 46.4 Å². The van der Waals surface area contributed by atoms with E-state index in [4.69, 9.17) is 55.9 Å². The van der Waals surface area contributed by atoms with E-state index in [1.807, 2.05) is 0 Å². The van der Waals surface area contributed by atoms with Gasteiger partial charge < -0.3 is 19.7 Å². The van der Waals surface area contributed by atoms with Gasteiger partial charge in [-0.15, -0.1) is 0 Å². The third-order valence-electron chi connectivity index (χ3n) is 6.76. The minimum atomic E-state index is -0.536. The molecule has 10 nitrogen and oxygen atoms in total. The van der Waals surface area contributed by atoms with Crippen molar-refractivity contribution in [1.82, 2.24) is 14.9 Å². The molecule has 1 fully saturated rings.